The molecule has 0 aliphatic heterocycles. The van der Waals surface area contributed by atoms with Gasteiger partial charge in [-0.05, 0) is 17.7 Å². The minimum atomic E-state index is 1.32. The molecular formula is C11H12S. The zero-order valence-electron chi connectivity index (χ0n) is 7.10. The largest absolute Gasteiger partial charge is 0.152 e. The van der Waals surface area contributed by atoms with Gasteiger partial charge in [-0.25, -0.2) is 0 Å². The highest BCUT2D eigenvalue weighted by atomic mass is 32.1. The van der Waals surface area contributed by atoms with Crippen molar-refractivity contribution in [1.29, 1.82) is 0 Å². The van der Waals surface area contributed by atoms with E-state index in [0.29, 0.717) is 0 Å². The lowest BCUT2D eigenvalue weighted by molar-refractivity contribution is 1.48. The standard InChI is InChI=1S/C7H8.C4H4S/c1-7-5-3-2-4-6-7;1-2-4-5-3-1/h2-6H,1H3;1-4H. The van der Waals surface area contributed by atoms with Crippen molar-refractivity contribution in [1.82, 2.24) is 0 Å². The Balaban J connectivity index is 0.000000127. The van der Waals surface area contributed by atoms with Crippen LogP contribution >= 0.6 is 11.3 Å². The van der Waals surface area contributed by atoms with Crippen LogP contribution in [-0.2, 0) is 0 Å². The lowest BCUT2D eigenvalue weighted by Crippen LogP contribution is -1.62. The van der Waals surface area contributed by atoms with Gasteiger partial charge in [0.05, 0.1) is 0 Å². The third-order valence-electron chi connectivity index (χ3n) is 1.37. The first-order chi connectivity index (χ1) is 5.89. The van der Waals surface area contributed by atoms with Crippen LogP contribution in [0.4, 0.5) is 0 Å². The molecule has 1 heteroatoms. The fourth-order valence-electron chi connectivity index (χ4n) is 0.761. The van der Waals surface area contributed by atoms with Crippen molar-refractivity contribution in [3.63, 3.8) is 0 Å². The molecule has 0 saturated carbocycles. The normalized spacial score (nSPS) is 8.42. The number of benzene rings is 1. The highest BCUT2D eigenvalue weighted by molar-refractivity contribution is 7.07. The van der Waals surface area contributed by atoms with Gasteiger partial charge in [-0.15, -0.1) is 0 Å². The summed E-state index contributed by atoms with van der Waals surface area (Å²) in [5, 5.41) is 4.08. The zero-order valence-corrected chi connectivity index (χ0v) is 7.92. The molecule has 0 spiro atoms. The van der Waals surface area contributed by atoms with Gasteiger partial charge < -0.3 is 0 Å². The highest BCUT2D eigenvalue weighted by Gasteiger charge is 1.72. The summed E-state index contributed by atoms with van der Waals surface area (Å²) in [5.41, 5.74) is 1.32. The van der Waals surface area contributed by atoms with Crippen LogP contribution < -0.4 is 0 Å². The number of hydrogen-bond donors (Lipinski definition) is 0. The third kappa shape index (κ3) is 3.94. The molecule has 1 aromatic heterocycles. The molecule has 0 radical (unpaired) electrons. The average molecular weight is 176 g/mol. The Labute approximate surface area is 77.5 Å². The van der Waals surface area contributed by atoms with E-state index < -0.39 is 0 Å². The summed E-state index contributed by atoms with van der Waals surface area (Å²) >= 11 is 1.71. The van der Waals surface area contributed by atoms with Gasteiger partial charge >= 0.3 is 0 Å². The minimum Gasteiger partial charge on any atom is -0.152 e. The summed E-state index contributed by atoms with van der Waals surface area (Å²) in [6.07, 6.45) is 0. The summed E-state index contributed by atoms with van der Waals surface area (Å²) in [5.74, 6) is 0. The fourth-order valence-corrected chi connectivity index (χ4v) is 1.21. The molecule has 0 bridgehead atoms. The molecule has 0 amide bonds. The van der Waals surface area contributed by atoms with E-state index in [9.17, 15) is 0 Å². The van der Waals surface area contributed by atoms with Gasteiger partial charge in [0.25, 0.3) is 0 Å². The van der Waals surface area contributed by atoms with E-state index >= 15 is 0 Å². The lowest BCUT2D eigenvalue weighted by Gasteiger charge is -1.82. The van der Waals surface area contributed by atoms with Gasteiger partial charge in [0.15, 0.2) is 0 Å². The second-order valence-electron chi connectivity index (χ2n) is 2.45. The van der Waals surface area contributed by atoms with Gasteiger partial charge in [0.2, 0.25) is 0 Å². The highest BCUT2D eigenvalue weighted by Crippen LogP contribution is 1.92. The molecule has 0 unspecified atom stereocenters. The first kappa shape index (κ1) is 9.01. The molecule has 0 saturated heterocycles. The van der Waals surface area contributed by atoms with Crippen molar-refractivity contribution < 1.29 is 0 Å². The molecule has 0 fully saturated rings. The minimum absolute atomic E-state index is 1.32. The summed E-state index contributed by atoms with van der Waals surface area (Å²) in [7, 11) is 0. The maximum absolute atomic E-state index is 2.08. The molecule has 1 heterocycles. The molecule has 2 rings (SSSR count). The van der Waals surface area contributed by atoms with Crippen molar-refractivity contribution in [2.45, 2.75) is 6.92 Å². The first-order valence-electron chi connectivity index (χ1n) is 3.88. The Hall–Kier alpha value is -1.08. The number of rotatable bonds is 0. The quantitative estimate of drug-likeness (QED) is 0.573. The van der Waals surface area contributed by atoms with Crippen LogP contribution in [0.2, 0.25) is 0 Å². The van der Waals surface area contributed by atoms with E-state index in [1.54, 1.807) is 11.3 Å². The second-order valence-corrected chi connectivity index (χ2v) is 3.26. The molecular weight excluding hydrogens is 164 g/mol. The van der Waals surface area contributed by atoms with Crippen LogP contribution in [0.3, 0.4) is 0 Å². The van der Waals surface area contributed by atoms with Gasteiger partial charge in [-0.3, -0.25) is 0 Å². The van der Waals surface area contributed by atoms with E-state index in [-0.39, 0.29) is 0 Å². The monoisotopic (exact) mass is 176 g/mol. The van der Waals surface area contributed by atoms with Crippen LogP contribution in [-0.4, -0.2) is 0 Å². The second kappa shape index (κ2) is 5.56. The maximum atomic E-state index is 2.08. The Morgan fingerprint density at radius 2 is 1.42 bits per heavy atom. The number of hydrogen-bond acceptors (Lipinski definition) is 1. The van der Waals surface area contributed by atoms with E-state index in [4.69, 9.17) is 0 Å². The van der Waals surface area contributed by atoms with Gasteiger partial charge in [-0.1, -0.05) is 48.0 Å². The molecule has 1 aromatic carbocycles. The topological polar surface area (TPSA) is 0 Å². The average Bonchev–Trinajstić information content (AvgIpc) is 2.62. The molecule has 62 valence electrons. The van der Waals surface area contributed by atoms with Crippen LogP contribution in [0.15, 0.2) is 53.2 Å². The molecule has 0 atom stereocenters. The predicted octanol–water partition coefficient (Wildman–Crippen LogP) is 3.74. The smallest absolute Gasteiger partial charge is 0.00934 e. The van der Waals surface area contributed by atoms with Gasteiger partial charge in [-0.2, -0.15) is 11.3 Å². The van der Waals surface area contributed by atoms with E-state index in [0.717, 1.165) is 0 Å². The van der Waals surface area contributed by atoms with Crippen LogP contribution in [0.25, 0.3) is 0 Å². The van der Waals surface area contributed by atoms with Crippen molar-refractivity contribution in [2.75, 3.05) is 0 Å². The number of aryl methyl sites for hydroxylation is 1. The van der Waals surface area contributed by atoms with E-state index in [2.05, 4.69) is 19.1 Å². The molecule has 0 N–H and O–H groups in total. The van der Waals surface area contributed by atoms with Crippen molar-refractivity contribution in [3.8, 4) is 0 Å². The Kier molecular flexibility index (Phi) is 4.17. The van der Waals surface area contributed by atoms with Crippen LogP contribution in [0.1, 0.15) is 5.56 Å². The zero-order chi connectivity index (χ0) is 8.65. The first-order valence-corrected chi connectivity index (χ1v) is 4.82. The third-order valence-corrected chi connectivity index (χ3v) is 1.99. The van der Waals surface area contributed by atoms with Gasteiger partial charge in [0.1, 0.15) is 0 Å². The lowest BCUT2D eigenvalue weighted by atomic mass is 10.2. The molecule has 0 aliphatic rings. The Morgan fingerprint density at radius 3 is 1.67 bits per heavy atom. The summed E-state index contributed by atoms with van der Waals surface area (Å²) < 4.78 is 0. The van der Waals surface area contributed by atoms with E-state index in [1.165, 1.54) is 5.56 Å². The summed E-state index contributed by atoms with van der Waals surface area (Å²) in [6.45, 7) is 2.08. The van der Waals surface area contributed by atoms with Crippen LogP contribution in [0.5, 0.6) is 0 Å². The van der Waals surface area contributed by atoms with E-state index in [1.807, 2.05) is 41.1 Å². The summed E-state index contributed by atoms with van der Waals surface area (Å²) in [6, 6.07) is 14.3. The van der Waals surface area contributed by atoms with Crippen LogP contribution in [0, 0.1) is 6.92 Å². The van der Waals surface area contributed by atoms with Crippen molar-refractivity contribution in [2.24, 2.45) is 0 Å². The molecule has 0 aliphatic carbocycles. The van der Waals surface area contributed by atoms with Gasteiger partial charge in [0, 0.05) is 0 Å². The van der Waals surface area contributed by atoms with Crippen molar-refractivity contribution >= 4 is 11.3 Å². The Morgan fingerprint density at radius 1 is 0.833 bits per heavy atom. The maximum Gasteiger partial charge on any atom is -0.00934 e. The molecule has 0 nitrogen and oxygen atoms in total. The molecule has 2 aromatic rings. The predicted molar refractivity (Wildman–Crippen MR) is 55.5 cm³/mol. The van der Waals surface area contributed by atoms with Crippen molar-refractivity contribution in [3.05, 3.63) is 58.8 Å². The Bertz CT molecular complexity index is 254. The SMILES string of the molecule is Cc1ccccc1.c1ccsc1. The fraction of sp³-hybridized carbons (Fsp3) is 0.0909. The number of thiophene rings is 1. The molecule has 12 heavy (non-hydrogen) atoms. The summed E-state index contributed by atoms with van der Waals surface area (Å²) in [4.78, 5) is 0.